The molecule has 0 radical (unpaired) electrons. The summed E-state index contributed by atoms with van der Waals surface area (Å²) in [4.78, 5) is 2.22. The van der Waals surface area contributed by atoms with Gasteiger partial charge in [-0.1, -0.05) is 19.9 Å². The number of benzene rings is 1. The van der Waals surface area contributed by atoms with E-state index in [4.69, 9.17) is 5.73 Å². The average Bonchev–Trinajstić information content (AvgIpc) is 2.31. The molecule has 4 heteroatoms. The highest BCUT2D eigenvalue weighted by Gasteiger charge is 2.31. The molecule has 0 spiro atoms. The van der Waals surface area contributed by atoms with E-state index >= 15 is 0 Å². The highest BCUT2D eigenvalue weighted by molar-refractivity contribution is 5.23. The molecule has 2 N–H and O–H groups in total. The van der Waals surface area contributed by atoms with Crippen molar-refractivity contribution < 1.29 is 8.78 Å². The summed E-state index contributed by atoms with van der Waals surface area (Å²) in [5.41, 5.74) is 6.55. The predicted molar refractivity (Wildman–Crippen MR) is 72.7 cm³/mol. The Labute approximate surface area is 113 Å². The Bertz CT molecular complexity index is 446. The van der Waals surface area contributed by atoms with Gasteiger partial charge in [0.25, 0.3) is 0 Å². The van der Waals surface area contributed by atoms with E-state index in [1.54, 1.807) is 0 Å². The molecule has 2 nitrogen and oxygen atoms in total. The molecule has 1 unspecified atom stereocenters. The molecule has 1 aromatic rings. The second-order valence-electron chi connectivity index (χ2n) is 6.16. The van der Waals surface area contributed by atoms with E-state index in [0.717, 1.165) is 25.6 Å². The molecule has 1 saturated heterocycles. The van der Waals surface area contributed by atoms with Crippen LogP contribution in [0.1, 0.15) is 38.3 Å². The van der Waals surface area contributed by atoms with Crippen LogP contribution in [0, 0.1) is 17.0 Å². The maximum Gasteiger partial charge on any atom is 0.130 e. The lowest BCUT2D eigenvalue weighted by atomic mass is 9.83. The SMILES string of the molecule is CC1(C)CCCN(C(CN)c2ccc(F)cc2F)C1. The van der Waals surface area contributed by atoms with Crippen molar-refractivity contribution in [2.75, 3.05) is 19.6 Å². The summed E-state index contributed by atoms with van der Waals surface area (Å²) >= 11 is 0. The number of nitrogens with zero attached hydrogens (tertiary/aromatic N) is 1. The monoisotopic (exact) mass is 268 g/mol. The Morgan fingerprint density at radius 3 is 2.68 bits per heavy atom. The minimum atomic E-state index is -0.545. The van der Waals surface area contributed by atoms with Crippen LogP contribution in [-0.4, -0.2) is 24.5 Å². The number of nitrogens with two attached hydrogens (primary N) is 1. The lowest BCUT2D eigenvalue weighted by Crippen LogP contribution is -2.44. The van der Waals surface area contributed by atoms with Crippen LogP contribution in [0.3, 0.4) is 0 Å². The van der Waals surface area contributed by atoms with Crippen LogP contribution in [0.25, 0.3) is 0 Å². The maximum absolute atomic E-state index is 13.9. The first-order chi connectivity index (χ1) is 8.93. The minimum absolute atomic E-state index is 0.167. The summed E-state index contributed by atoms with van der Waals surface area (Å²) in [6.07, 6.45) is 2.26. The van der Waals surface area contributed by atoms with Crippen molar-refractivity contribution in [3.05, 3.63) is 35.4 Å². The van der Waals surface area contributed by atoms with Gasteiger partial charge < -0.3 is 5.73 Å². The Kier molecular flexibility index (Phi) is 4.21. The maximum atomic E-state index is 13.9. The van der Waals surface area contributed by atoms with Gasteiger partial charge in [-0.3, -0.25) is 4.90 Å². The number of likely N-dealkylation sites (tertiary alicyclic amines) is 1. The van der Waals surface area contributed by atoms with Crippen LogP contribution in [0.5, 0.6) is 0 Å². The zero-order valence-electron chi connectivity index (χ0n) is 11.6. The van der Waals surface area contributed by atoms with Crippen molar-refractivity contribution in [3.8, 4) is 0 Å². The fourth-order valence-corrected chi connectivity index (χ4v) is 2.98. The molecule has 0 bridgehead atoms. The van der Waals surface area contributed by atoms with Gasteiger partial charge in [-0.05, 0) is 30.9 Å². The Morgan fingerprint density at radius 2 is 2.11 bits per heavy atom. The van der Waals surface area contributed by atoms with E-state index in [2.05, 4.69) is 18.7 Å². The van der Waals surface area contributed by atoms with Crippen molar-refractivity contribution in [2.24, 2.45) is 11.1 Å². The molecule has 1 fully saturated rings. The Hall–Kier alpha value is -1.00. The molecule has 106 valence electrons. The quantitative estimate of drug-likeness (QED) is 0.912. The molecule has 0 aromatic heterocycles. The van der Waals surface area contributed by atoms with Crippen molar-refractivity contribution in [3.63, 3.8) is 0 Å². The van der Waals surface area contributed by atoms with E-state index in [0.29, 0.717) is 12.1 Å². The topological polar surface area (TPSA) is 29.3 Å². The lowest BCUT2D eigenvalue weighted by Gasteiger charge is -2.42. The Balaban J connectivity index is 2.24. The molecule has 1 aliphatic heterocycles. The van der Waals surface area contributed by atoms with Crippen LogP contribution in [0.2, 0.25) is 0 Å². The molecular weight excluding hydrogens is 246 g/mol. The standard InChI is InChI=1S/C15H22F2N2/c1-15(2)6-3-7-19(10-15)14(9-18)12-5-4-11(16)8-13(12)17/h4-5,8,14H,3,6-7,9-10,18H2,1-2H3. The van der Waals surface area contributed by atoms with Gasteiger partial charge in [-0.25, -0.2) is 8.78 Å². The van der Waals surface area contributed by atoms with Crippen molar-refractivity contribution in [1.29, 1.82) is 0 Å². The summed E-state index contributed by atoms with van der Waals surface area (Å²) in [7, 11) is 0. The number of hydrogen-bond donors (Lipinski definition) is 1. The van der Waals surface area contributed by atoms with E-state index in [-0.39, 0.29) is 11.5 Å². The number of hydrogen-bond acceptors (Lipinski definition) is 2. The third-order valence-electron chi connectivity index (χ3n) is 3.92. The molecule has 2 rings (SSSR count). The number of rotatable bonds is 3. The second-order valence-corrected chi connectivity index (χ2v) is 6.16. The highest BCUT2D eigenvalue weighted by Crippen LogP contribution is 2.34. The van der Waals surface area contributed by atoms with Crippen LogP contribution < -0.4 is 5.73 Å². The molecule has 0 saturated carbocycles. The van der Waals surface area contributed by atoms with Gasteiger partial charge in [0.05, 0.1) is 0 Å². The largest absolute Gasteiger partial charge is 0.329 e. The summed E-state index contributed by atoms with van der Waals surface area (Å²) in [5, 5.41) is 0. The summed E-state index contributed by atoms with van der Waals surface area (Å²) in [6.45, 7) is 6.59. The first-order valence-electron chi connectivity index (χ1n) is 6.82. The first-order valence-corrected chi connectivity index (χ1v) is 6.82. The lowest BCUT2D eigenvalue weighted by molar-refractivity contribution is 0.0792. The minimum Gasteiger partial charge on any atom is -0.329 e. The third kappa shape index (κ3) is 3.31. The van der Waals surface area contributed by atoms with Crippen molar-refractivity contribution in [1.82, 2.24) is 4.90 Å². The van der Waals surface area contributed by atoms with Crippen LogP contribution in [0.15, 0.2) is 18.2 Å². The second kappa shape index (κ2) is 5.55. The molecule has 1 aromatic carbocycles. The van der Waals surface area contributed by atoms with Gasteiger partial charge in [0.2, 0.25) is 0 Å². The molecule has 1 heterocycles. The van der Waals surface area contributed by atoms with E-state index in [1.807, 2.05) is 0 Å². The molecular formula is C15H22F2N2. The van der Waals surface area contributed by atoms with Gasteiger partial charge in [0.1, 0.15) is 11.6 Å². The van der Waals surface area contributed by atoms with Gasteiger partial charge in [-0.15, -0.1) is 0 Å². The molecule has 0 aliphatic carbocycles. The molecule has 0 amide bonds. The van der Waals surface area contributed by atoms with Gasteiger partial charge >= 0.3 is 0 Å². The zero-order chi connectivity index (χ0) is 14.0. The van der Waals surface area contributed by atoms with Crippen molar-refractivity contribution >= 4 is 0 Å². The summed E-state index contributed by atoms with van der Waals surface area (Å²) < 4.78 is 26.9. The normalized spacial score (nSPS) is 21.3. The summed E-state index contributed by atoms with van der Waals surface area (Å²) in [5.74, 6) is -1.05. The van der Waals surface area contributed by atoms with E-state index in [1.165, 1.54) is 18.6 Å². The van der Waals surface area contributed by atoms with Crippen LogP contribution >= 0.6 is 0 Å². The third-order valence-corrected chi connectivity index (χ3v) is 3.92. The van der Waals surface area contributed by atoms with E-state index in [9.17, 15) is 8.78 Å². The van der Waals surface area contributed by atoms with E-state index < -0.39 is 11.6 Å². The fraction of sp³-hybridized carbons (Fsp3) is 0.600. The average molecular weight is 268 g/mol. The number of piperidine rings is 1. The highest BCUT2D eigenvalue weighted by atomic mass is 19.1. The number of halogens is 2. The first kappa shape index (κ1) is 14.4. The predicted octanol–water partition coefficient (Wildman–Crippen LogP) is 3.09. The summed E-state index contributed by atoms with van der Waals surface area (Å²) in [6, 6.07) is 3.59. The fourth-order valence-electron chi connectivity index (χ4n) is 2.98. The van der Waals surface area contributed by atoms with Gasteiger partial charge in [0, 0.05) is 30.8 Å². The van der Waals surface area contributed by atoms with Crippen LogP contribution in [0.4, 0.5) is 8.78 Å². The van der Waals surface area contributed by atoms with Crippen molar-refractivity contribution in [2.45, 2.75) is 32.7 Å². The Morgan fingerprint density at radius 1 is 1.37 bits per heavy atom. The van der Waals surface area contributed by atoms with Gasteiger partial charge in [-0.2, -0.15) is 0 Å². The zero-order valence-corrected chi connectivity index (χ0v) is 11.6. The van der Waals surface area contributed by atoms with Crippen LogP contribution in [-0.2, 0) is 0 Å². The molecule has 19 heavy (non-hydrogen) atoms. The molecule has 1 atom stereocenters. The molecule has 1 aliphatic rings. The van der Waals surface area contributed by atoms with Gasteiger partial charge in [0.15, 0.2) is 0 Å². The smallest absolute Gasteiger partial charge is 0.130 e.